The summed E-state index contributed by atoms with van der Waals surface area (Å²) < 4.78 is 114. The van der Waals surface area contributed by atoms with Crippen LogP contribution in [0.5, 0.6) is 0 Å². The maximum absolute atomic E-state index is 13.3. The molecule has 3 amide bonds. The van der Waals surface area contributed by atoms with Gasteiger partial charge < -0.3 is 239 Å². The molecule has 10 saturated heterocycles. The Morgan fingerprint density at radius 1 is 0.276 bits per heavy atom. The molecule has 29 N–H and O–H groups in total. The fourth-order valence-electron chi connectivity index (χ4n) is 15.0. The SMILES string of the molecule is CC(=O)N[C@H]1[C@H](O[C@@H]2[C@@H](OC[C@H]3O[C@@H](O[C@H]4[C@H](O)[C@@H](NC(C)=O)[C@H](O[C@H]5[C@H](O[C@@H]6O[C@@H](C)[C@@H](O)[C@@H](O)[C@@H]6O)[C@@H](NC(C)=O)C(O)O[C@@H]5CO)O[C@@H]4CO)[C@@H](O[C@@H]4OC[C@@H](O)[C@H](O)[C@H]4O)[C@@H](O[C@H]4O[C@H](CO)[C@@H](O)[C@H](O)[C@@H]4O)[C@@H]3O)O[C@H](CO)[C@@H](O)[C@@H]2O)O[C@H](CO[C@@H]2O[C@@H](C)[C@@H](O)[C@@H](O)[C@@H]2O)[C@@H](O[C@@H]2O[C@H](CO)[C@H](O)[C@H](O)[C@H]2O)[C@@H]1O. The van der Waals surface area contributed by atoms with Gasteiger partial charge in [-0.3, -0.25) is 14.4 Å². The number of amides is 3. The molecule has 10 aliphatic heterocycles. The summed E-state index contributed by atoms with van der Waals surface area (Å²) in [5, 5.41) is 296. The molecule has 0 aliphatic carbocycles. The molecular weight excluding hydrogens is 1590 g/mol. The molecule has 1 unspecified atom stereocenters. The molecule has 51 nitrogen and oxygen atoms in total. The van der Waals surface area contributed by atoms with Crippen LogP contribution in [0.3, 0.4) is 0 Å². The zero-order chi connectivity index (χ0) is 85.2. The van der Waals surface area contributed by atoms with Gasteiger partial charge in [0.15, 0.2) is 62.9 Å². The van der Waals surface area contributed by atoms with Crippen molar-refractivity contribution >= 4 is 17.7 Å². The molecule has 49 atom stereocenters. The van der Waals surface area contributed by atoms with Crippen molar-refractivity contribution < 1.29 is 237 Å². The lowest BCUT2D eigenvalue weighted by atomic mass is 9.93. The normalized spacial score (nSPS) is 51.1. The lowest BCUT2D eigenvalue weighted by molar-refractivity contribution is -0.406. The molecule has 116 heavy (non-hydrogen) atoms. The number of carbonyl (C=O) groups excluding carboxylic acids is 3. The van der Waals surface area contributed by atoms with E-state index < -0.39 is 371 Å². The van der Waals surface area contributed by atoms with E-state index in [2.05, 4.69) is 16.0 Å². The zero-order valence-corrected chi connectivity index (χ0v) is 62.6. The van der Waals surface area contributed by atoms with E-state index in [0.717, 1.165) is 20.8 Å². The Bertz CT molecular complexity index is 3080. The van der Waals surface area contributed by atoms with Crippen LogP contribution >= 0.6 is 0 Å². The fourth-order valence-corrected chi connectivity index (χ4v) is 15.0. The van der Waals surface area contributed by atoms with E-state index in [4.69, 9.17) is 90.0 Å². The first-order chi connectivity index (χ1) is 54.8. The van der Waals surface area contributed by atoms with Gasteiger partial charge >= 0.3 is 0 Å². The quantitative estimate of drug-likeness (QED) is 0.0346. The fraction of sp³-hybridized carbons (Fsp3) is 0.954. The molecule has 0 radical (unpaired) electrons. The van der Waals surface area contributed by atoms with Crippen LogP contribution in [0.2, 0.25) is 0 Å². The van der Waals surface area contributed by atoms with Crippen LogP contribution in [-0.2, 0) is 104 Å². The monoisotopic (exact) mass is 1700 g/mol. The Kier molecular flexibility index (Phi) is 33.5. The minimum Gasteiger partial charge on any atom is -0.394 e. The Morgan fingerprint density at radius 2 is 0.621 bits per heavy atom. The summed E-state index contributed by atoms with van der Waals surface area (Å²) in [5.41, 5.74) is 0. The number of hydrogen-bond acceptors (Lipinski definition) is 48. The highest BCUT2D eigenvalue weighted by molar-refractivity contribution is 5.74. The van der Waals surface area contributed by atoms with Gasteiger partial charge in [-0.05, 0) is 13.8 Å². The second-order valence-electron chi connectivity index (χ2n) is 29.8. The first-order valence-electron chi connectivity index (χ1n) is 37.3. The molecule has 0 bridgehead atoms. The maximum atomic E-state index is 13.3. The van der Waals surface area contributed by atoms with Crippen LogP contribution in [0.25, 0.3) is 0 Å². The molecule has 10 rings (SSSR count). The van der Waals surface area contributed by atoms with E-state index in [9.17, 15) is 147 Å². The van der Waals surface area contributed by atoms with Crippen molar-refractivity contribution in [1.82, 2.24) is 16.0 Å². The number of rotatable bonds is 28. The number of aliphatic hydroxyl groups is 26. The lowest BCUT2D eigenvalue weighted by Crippen LogP contribution is -2.71. The van der Waals surface area contributed by atoms with Crippen molar-refractivity contribution in [2.24, 2.45) is 0 Å². The Balaban J connectivity index is 1.01. The van der Waals surface area contributed by atoms with Gasteiger partial charge in [0.2, 0.25) is 17.7 Å². The smallest absolute Gasteiger partial charge is 0.217 e. The largest absolute Gasteiger partial charge is 0.394 e. The Morgan fingerprint density at radius 3 is 1.13 bits per heavy atom. The van der Waals surface area contributed by atoms with E-state index in [1.54, 1.807) is 0 Å². The minimum absolute atomic E-state index is 0.824. The Labute approximate surface area is 657 Å². The summed E-state index contributed by atoms with van der Waals surface area (Å²) >= 11 is 0. The Hall–Kier alpha value is -3.39. The summed E-state index contributed by atoms with van der Waals surface area (Å²) in [5.74, 6) is -2.83. The highest BCUT2D eigenvalue weighted by atomic mass is 16.8. The predicted molar refractivity (Wildman–Crippen MR) is 356 cm³/mol. The van der Waals surface area contributed by atoms with Crippen LogP contribution in [-0.4, -0.2) is 504 Å². The molecule has 51 heteroatoms. The third-order valence-electron chi connectivity index (χ3n) is 21.6. The van der Waals surface area contributed by atoms with Crippen molar-refractivity contribution in [3.8, 4) is 0 Å². The molecule has 0 spiro atoms. The summed E-state index contributed by atoms with van der Waals surface area (Å²) in [6.45, 7) is -3.21. The third-order valence-corrected chi connectivity index (χ3v) is 21.6. The van der Waals surface area contributed by atoms with Crippen molar-refractivity contribution in [1.29, 1.82) is 0 Å². The predicted octanol–water partition coefficient (Wildman–Crippen LogP) is -19.7. The number of hydrogen-bond donors (Lipinski definition) is 29. The van der Waals surface area contributed by atoms with Gasteiger partial charge in [-0.1, -0.05) is 0 Å². The molecular formula is C65H109N3O48. The average Bonchev–Trinajstić information content (AvgIpc) is 0.755. The van der Waals surface area contributed by atoms with E-state index in [0.29, 0.717) is 0 Å². The number of ether oxygens (including phenoxy) is 19. The molecule has 0 aromatic rings. The van der Waals surface area contributed by atoms with Crippen LogP contribution in [0.1, 0.15) is 34.6 Å². The first-order valence-corrected chi connectivity index (χ1v) is 37.3. The molecule has 0 saturated carbocycles. The van der Waals surface area contributed by atoms with E-state index in [-0.39, 0.29) is 0 Å². The second kappa shape index (κ2) is 40.9. The van der Waals surface area contributed by atoms with Gasteiger partial charge in [0.05, 0.1) is 65.1 Å². The average molecular weight is 1700 g/mol. The number of nitrogens with one attached hydrogen (secondary N) is 3. The summed E-state index contributed by atoms with van der Waals surface area (Å²) in [6, 6.07) is -5.80. The second-order valence-corrected chi connectivity index (χ2v) is 29.8. The van der Waals surface area contributed by atoms with Crippen LogP contribution in [0, 0.1) is 0 Å². The molecule has 0 aromatic carbocycles. The van der Waals surface area contributed by atoms with E-state index in [1.807, 2.05) is 0 Å². The summed E-state index contributed by atoms with van der Waals surface area (Å²) in [4.78, 5) is 39.3. The number of carbonyl (C=O) groups is 3. The van der Waals surface area contributed by atoms with Crippen molar-refractivity contribution in [3.05, 3.63) is 0 Å². The van der Waals surface area contributed by atoms with Crippen LogP contribution in [0.15, 0.2) is 0 Å². The standard InChI is InChI=1S/C65H109N3O48/c1-14-30(78)39(87)45(93)59(101-14)99-13-26-50(110-62-47(95)41(89)33(81)20(6-69)104-62)38(86)28(67-17(4)75)58(109-26)115-54-43(91)35(83)22(8-71)106-64(54)100-12-25-36(84)53(114-63-48(96)42(90)34(82)21(7-70)105-63)55(116-60-44(92)32(80)19(77)11-98-60)65(108-25)111-49-23(9-72)107-57(27(37(49)85)66-16(3)74)112-51-24(10-73)103-56(97)29(68-18(5)76)52(51)113-61-46(94)40(88)31(79)15(2)102-61/h14-15,19-65,69-73,77-97H,6-13H2,1-5H3,(H,66,74)(H,67,75)(H,68,76)/t14-,15-,19+,20+,21+,22+,23+,24+,25+,26+,27+,28+,29+,30+,31+,32-,33-,34+,35+,36+,37+,38+,39+,40+,41-,42-,43-,44+,45-,46-,47+,48-,49+,50+,51+,52+,53-,54-,55-,56?,57-,58-,59+,60-,61-,62-,63+,64-,65-/m0/s1. The molecule has 10 heterocycles. The highest BCUT2D eigenvalue weighted by Gasteiger charge is 2.62. The maximum Gasteiger partial charge on any atom is 0.217 e. The highest BCUT2D eigenvalue weighted by Crippen LogP contribution is 2.41. The van der Waals surface area contributed by atoms with Crippen molar-refractivity contribution in [2.45, 2.75) is 335 Å². The third kappa shape index (κ3) is 20.7. The van der Waals surface area contributed by atoms with Gasteiger partial charge in [-0.15, -0.1) is 0 Å². The van der Waals surface area contributed by atoms with Crippen LogP contribution in [0.4, 0.5) is 0 Å². The van der Waals surface area contributed by atoms with Gasteiger partial charge in [0.1, 0.15) is 226 Å². The molecule has 0 aromatic heterocycles. The summed E-state index contributed by atoms with van der Waals surface area (Å²) in [6.07, 6.45) is -94.5. The van der Waals surface area contributed by atoms with Crippen molar-refractivity contribution in [2.75, 3.05) is 52.9 Å². The number of aliphatic hydroxyl groups excluding tert-OH is 26. The lowest BCUT2D eigenvalue weighted by Gasteiger charge is -2.52. The zero-order valence-electron chi connectivity index (χ0n) is 62.6. The van der Waals surface area contributed by atoms with Crippen molar-refractivity contribution in [3.63, 3.8) is 0 Å². The van der Waals surface area contributed by atoms with E-state index in [1.165, 1.54) is 13.8 Å². The molecule has 10 aliphatic rings. The summed E-state index contributed by atoms with van der Waals surface area (Å²) in [7, 11) is 0. The molecule has 672 valence electrons. The van der Waals surface area contributed by atoms with Gasteiger partial charge in [-0.2, -0.15) is 0 Å². The topological polar surface area (TPSA) is 789 Å². The first kappa shape index (κ1) is 94.9. The minimum atomic E-state index is -2.49. The van der Waals surface area contributed by atoms with Gasteiger partial charge in [-0.25, -0.2) is 0 Å². The van der Waals surface area contributed by atoms with Gasteiger partial charge in [0, 0.05) is 20.8 Å². The van der Waals surface area contributed by atoms with Gasteiger partial charge in [0.25, 0.3) is 0 Å². The van der Waals surface area contributed by atoms with Crippen LogP contribution < -0.4 is 16.0 Å². The van der Waals surface area contributed by atoms with E-state index >= 15 is 0 Å². The molecule has 10 fully saturated rings.